The van der Waals surface area contributed by atoms with Crippen molar-refractivity contribution in [2.45, 2.75) is 20.0 Å². The number of hydrogen-bond acceptors (Lipinski definition) is 3. The zero-order chi connectivity index (χ0) is 12.0. The fourth-order valence-corrected chi connectivity index (χ4v) is 1.53. The summed E-state index contributed by atoms with van der Waals surface area (Å²) >= 11 is 4.93. The van der Waals surface area contributed by atoms with Gasteiger partial charge in [0.15, 0.2) is 0 Å². The van der Waals surface area contributed by atoms with Crippen LogP contribution in [0.15, 0.2) is 18.2 Å². The lowest BCUT2D eigenvalue weighted by atomic mass is 10.1. The summed E-state index contributed by atoms with van der Waals surface area (Å²) in [5.74, 6) is 0.699. The number of methoxy groups -OCH3 is 1. The molecule has 0 spiro atoms. The third-order valence-corrected chi connectivity index (χ3v) is 2.37. The maximum absolute atomic E-state index is 5.58. The van der Waals surface area contributed by atoms with Gasteiger partial charge in [-0.2, -0.15) is 0 Å². The van der Waals surface area contributed by atoms with Gasteiger partial charge in [0.05, 0.1) is 19.3 Å². The van der Waals surface area contributed by atoms with Gasteiger partial charge in [0.1, 0.15) is 10.7 Å². The molecule has 4 heteroatoms. The van der Waals surface area contributed by atoms with Gasteiger partial charge in [-0.3, -0.25) is 0 Å². The minimum atomic E-state index is 0.345. The van der Waals surface area contributed by atoms with Crippen molar-refractivity contribution in [3.63, 3.8) is 0 Å². The molecule has 0 unspecified atom stereocenters. The highest BCUT2D eigenvalue weighted by Gasteiger charge is 2.06. The van der Waals surface area contributed by atoms with Gasteiger partial charge < -0.3 is 15.2 Å². The Balaban J connectivity index is 2.78. The molecule has 0 radical (unpaired) electrons. The van der Waals surface area contributed by atoms with Crippen LogP contribution in [0.1, 0.15) is 24.5 Å². The monoisotopic (exact) mass is 239 g/mol. The molecular formula is C12H17NO2S. The molecule has 0 atom stereocenters. The van der Waals surface area contributed by atoms with Crippen molar-refractivity contribution in [1.29, 1.82) is 0 Å². The second-order valence-electron chi connectivity index (χ2n) is 3.45. The minimum absolute atomic E-state index is 0.345. The third kappa shape index (κ3) is 3.47. The number of nitrogens with two attached hydrogens (primary N) is 1. The van der Waals surface area contributed by atoms with Crippen molar-refractivity contribution in [1.82, 2.24) is 0 Å². The van der Waals surface area contributed by atoms with Crippen molar-refractivity contribution < 1.29 is 9.47 Å². The Bertz CT molecular complexity index is 366. The molecule has 1 rings (SSSR count). The molecule has 1 aromatic carbocycles. The van der Waals surface area contributed by atoms with E-state index in [-0.39, 0.29) is 0 Å². The maximum atomic E-state index is 5.58. The van der Waals surface area contributed by atoms with Gasteiger partial charge in [-0.05, 0) is 24.1 Å². The van der Waals surface area contributed by atoms with Gasteiger partial charge >= 0.3 is 0 Å². The molecule has 88 valence electrons. The standard InChI is InChI=1S/C12H17NO2S/c1-3-6-15-8-9-4-5-10(12(13)16)11(7-9)14-2/h4-5,7H,3,6,8H2,1-2H3,(H2,13,16). The summed E-state index contributed by atoms with van der Waals surface area (Å²) in [5.41, 5.74) is 7.40. The lowest BCUT2D eigenvalue weighted by molar-refractivity contribution is 0.121. The van der Waals surface area contributed by atoms with Crippen LogP contribution in [0, 0.1) is 0 Å². The van der Waals surface area contributed by atoms with E-state index in [0.717, 1.165) is 24.2 Å². The number of benzene rings is 1. The Morgan fingerprint density at radius 1 is 1.44 bits per heavy atom. The summed E-state index contributed by atoms with van der Waals surface area (Å²) in [4.78, 5) is 0.345. The SMILES string of the molecule is CCCOCc1ccc(C(N)=S)c(OC)c1. The van der Waals surface area contributed by atoms with Crippen LogP contribution < -0.4 is 10.5 Å². The van der Waals surface area contributed by atoms with Crippen molar-refractivity contribution in [2.75, 3.05) is 13.7 Å². The smallest absolute Gasteiger partial charge is 0.129 e. The van der Waals surface area contributed by atoms with Crippen LogP contribution in [0.4, 0.5) is 0 Å². The zero-order valence-corrected chi connectivity index (χ0v) is 10.5. The molecule has 1 aromatic rings. The second kappa shape index (κ2) is 6.45. The van der Waals surface area contributed by atoms with Gasteiger partial charge in [-0.25, -0.2) is 0 Å². The number of hydrogen-bond donors (Lipinski definition) is 1. The predicted molar refractivity (Wildman–Crippen MR) is 68.8 cm³/mol. The quantitative estimate of drug-likeness (QED) is 0.611. The van der Waals surface area contributed by atoms with E-state index in [2.05, 4.69) is 6.92 Å². The van der Waals surface area contributed by atoms with Gasteiger partial charge in [0.25, 0.3) is 0 Å². The summed E-state index contributed by atoms with van der Waals surface area (Å²) in [6.45, 7) is 3.43. The molecule has 0 amide bonds. The van der Waals surface area contributed by atoms with E-state index >= 15 is 0 Å². The van der Waals surface area contributed by atoms with Crippen LogP contribution in [0.5, 0.6) is 5.75 Å². The number of ether oxygens (including phenoxy) is 2. The fourth-order valence-electron chi connectivity index (χ4n) is 1.36. The van der Waals surface area contributed by atoms with Crippen LogP contribution in [0.25, 0.3) is 0 Å². The van der Waals surface area contributed by atoms with E-state index in [4.69, 9.17) is 27.4 Å². The molecule has 0 fully saturated rings. The Labute approximate surface area is 102 Å². The third-order valence-electron chi connectivity index (χ3n) is 2.15. The second-order valence-corrected chi connectivity index (χ2v) is 3.89. The molecule has 0 aromatic heterocycles. The topological polar surface area (TPSA) is 44.5 Å². The first-order valence-corrected chi connectivity index (χ1v) is 5.64. The molecule has 0 bridgehead atoms. The Kier molecular flexibility index (Phi) is 5.22. The van der Waals surface area contributed by atoms with Gasteiger partial charge in [0, 0.05) is 6.61 Å². The van der Waals surface area contributed by atoms with Crippen LogP contribution in [0.2, 0.25) is 0 Å². The van der Waals surface area contributed by atoms with Crippen molar-refractivity contribution in [2.24, 2.45) is 5.73 Å². The molecule has 0 aliphatic carbocycles. The fraction of sp³-hybridized carbons (Fsp3) is 0.417. The van der Waals surface area contributed by atoms with E-state index in [1.165, 1.54) is 0 Å². The highest BCUT2D eigenvalue weighted by atomic mass is 32.1. The highest BCUT2D eigenvalue weighted by Crippen LogP contribution is 2.20. The van der Waals surface area contributed by atoms with Crippen LogP contribution in [-0.4, -0.2) is 18.7 Å². The minimum Gasteiger partial charge on any atom is -0.496 e. The van der Waals surface area contributed by atoms with E-state index < -0.39 is 0 Å². The average molecular weight is 239 g/mol. The first-order valence-electron chi connectivity index (χ1n) is 5.23. The Hall–Kier alpha value is -1.13. The van der Waals surface area contributed by atoms with Crippen LogP contribution >= 0.6 is 12.2 Å². The van der Waals surface area contributed by atoms with E-state index in [1.807, 2.05) is 18.2 Å². The molecule has 0 aliphatic rings. The van der Waals surface area contributed by atoms with Gasteiger partial charge in [-0.15, -0.1) is 0 Å². The average Bonchev–Trinajstić information content (AvgIpc) is 2.29. The molecule has 0 heterocycles. The normalized spacial score (nSPS) is 10.1. The van der Waals surface area contributed by atoms with Crippen molar-refractivity contribution in [3.05, 3.63) is 29.3 Å². The highest BCUT2D eigenvalue weighted by molar-refractivity contribution is 7.80. The summed E-state index contributed by atoms with van der Waals surface area (Å²) < 4.78 is 10.7. The Morgan fingerprint density at radius 3 is 2.75 bits per heavy atom. The molecule has 2 N–H and O–H groups in total. The number of rotatable bonds is 6. The molecule has 0 aliphatic heterocycles. The van der Waals surface area contributed by atoms with Gasteiger partial charge in [-0.1, -0.05) is 25.2 Å². The Morgan fingerprint density at radius 2 is 2.19 bits per heavy atom. The first kappa shape index (κ1) is 12.9. The molecule has 0 saturated carbocycles. The van der Waals surface area contributed by atoms with E-state index in [0.29, 0.717) is 17.3 Å². The maximum Gasteiger partial charge on any atom is 0.129 e. The van der Waals surface area contributed by atoms with Crippen molar-refractivity contribution in [3.8, 4) is 5.75 Å². The van der Waals surface area contributed by atoms with Crippen LogP contribution in [-0.2, 0) is 11.3 Å². The van der Waals surface area contributed by atoms with Crippen LogP contribution in [0.3, 0.4) is 0 Å². The summed E-state index contributed by atoms with van der Waals surface area (Å²) in [5, 5.41) is 0. The molecule has 0 saturated heterocycles. The van der Waals surface area contributed by atoms with Crippen molar-refractivity contribution >= 4 is 17.2 Å². The molecule has 3 nitrogen and oxygen atoms in total. The summed E-state index contributed by atoms with van der Waals surface area (Å²) in [7, 11) is 1.60. The lowest BCUT2D eigenvalue weighted by Gasteiger charge is -2.09. The first-order chi connectivity index (χ1) is 7.69. The van der Waals surface area contributed by atoms with E-state index in [9.17, 15) is 0 Å². The lowest BCUT2D eigenvalue weighted by Crippen LogP contribution is -2.11. The zero-order valence-electron chi connectivity index (χ0n) is 9.66. The van der Waals surface area contributed by atoms with E-state index in [1.54, 1.807) is 7.11 Å². The summed E-state index contributed by atoms with van der Waals surface area (Å²) in [6.07, 6.45) is 1.02. The summed E-state index contributed by atoms with van der Waals surface area (Å²) in [6, 6.07) is 5.72. The molecule has 16 heavy (non-hydrogen) atoms. The molecular weight excluding hydrogens is 222 g/mol. The number of thiocarbonyl (C=S) groups is 1. The largest absolute Gasteiger partial charge is 0.496 e. The predicted octanol–water partition coefficient (Wildman–Crippen LogP) is 2.26. The van der Waals surface area contributed by atoms with Gasteiger partial charge in [0.2, 0.25) is 0 Å².